The van der Waals surface area contributed by atoms with Crippen LogP contribution < -0.4 is 4.90 Å². The predicted octanol–water partition coefficient (Wildman–Crippen LogP) is 2.15. The molecule has 4 rings (SSSR count). The summed E-state index contributed by atoms with van der Waals surface area (Å²) in [5.41, 5.74) is 0.930. The van der Waals surface area contributed by atoms with E-state index in [1.54, 1.807) is 22.8 Å². The third kappa shape index (κ3) is 2.26. The Morgan fingerprint density at radius 2 is 2.22 bits per heavy atom. The predicted molar refractivity (Wildman–Crippen MR) is 86.7 cm³/mol. The fraction of sp³-hybridized carbons (Fsp3) is 0.333. The quantitative estimate of drug-likeness (QED) is 0.793. The van der Waals surface area contributed by atoms with Crippen LogP contribution >= 0.6 is 11.3 Å². The van der Waals surface area contributed by atoms with E-state index in [-0.39, 0.29) is 0 Å². The number of carboxylic acids is 1. The minimum Gasteiger partial charge on any atom is -0.481 e. The summed E-state index contributed by atoms with van der Waals surface area (Å²) >= 11 is 1.59. The molecule has 0 amide bonds. The zero-order valence-electron chi connectivity index (χ0n) is 12.5. The van der Waals surface area contributed by atoms with Gasteiger partial charge in [-0.05, 0) is 36.9 Å². The highest BCUT2D eigenvalue weighted by Crippen LogP contribution is 2.33. The van der Waals surface area contributed by atoms with Crippen molar-refractivity contribution in [2.24, 2.45) is 5.41 Å². The molecule has 118 valence electrons. The highest BCUT2D eigenvalue weighted by molar-refractivity contribution is 7.08. The minimum absolute atomic E-state index is 0.455. The number of rotatable bonds is 3. The fourth-order valence-corrected chi connectivity index (χ4v) is 3.49. The van der Waals surface area contributed by atoms with E-state index in [9.17, 15) is 9.90 Å². The molecule has 0 saturated carbocycles. The van der Waals surface area contributed by atoms with Crippen LogP contribution in [0, 0.1) is 5.41 Å². The number of aromatic nitrogens is 4. The van der Waals surface area contributed by atoms with Crippen LogP contribution in [0.25, 0.3) is 17.0 Å². The van der Waals surface area contributed by atoms with Gasteiger partial charge in [-0.25, -0.2) is 0 Å². The lowest BCUT2D eigenvalue weighted by Crippen LogP contribution is -2.32. The molecular weight excluding hydrogens is 314 g/mol. The van der Waals surface area contributed by atoms with Crippen molar-refractivity contribution >= 4 is 28.8 Å². The summed E-state index contributed by atoms with van der Waals surface area (Å²) in [6.45, 7) is 2.91. The Kier molecular flexibility index (Phi) is 3.08. The first kappa shape index (κ1) is 14.1. The van der Waals surface area contributed by atoms with E-state index in [0.717, 1.165) is 11.4 Å². The van der Waals surface area contributed by atoms with Gasteiger partial charge in [0.25, 0.3) is 0 Å². The normalized spacial score (nSPS) is 21.2. The monoisotopic (exact) mass is 329 g/mol. The second-order valence-corrected chi connectivity index (χ2v) is 6.81. The van der Waals surface area contributed by atoms with Gasteiger partial charge in [0.05, 0.1) is 5.41 Å². The number of aliphatic carboxylic acids is 1. The molecule has 0 aromatic carbocycles. The largest absolute Gasteiger partial charge is 0.481 e. The Hall–Kier alpha value is -2.48. The van der Waals surface area contributed by atoms with Crippen molar-refractivity contribution in [2.45, 2.75) is 13.3 Å². The van der Waals surface area contributed by atoms with Gasteiger partial charge in [0.1, 0.15) is 5.82 Å². The number of nitrogens with zero attached hydrogens (tertiary/aromatic N) is 5. The second-order valence-electron chi connectivity index (χ2n) is 6.03. The number of fused-ring (bicyclic) bond motifs is 1. The number of thiophene rings is 1. The van der Waals surface area contributed by atoms with Crippen LogP contribution in [0.3, 0.4) is 0 Å². The molecule has 1 unspecified atom stereocenters. The summed E-state index contributed by atoms with van der Waals surface area (Å²) in [5.74, 6) is 0.686. The summed E-state index contributed by atoms with van der Waals surface area (Å²) in [6.07, 6.45) is 0.613. The van der Waals surface area contributed by atoms with Crippen LogP contribution in [0.2, 0.25) is 0 Å². The molecular formula is C15H15N5O2S. The van der Waals surface area contributed by atoms with E-state index >= 15 is 0 Å². The van der Waals surface area contributed by atoms with Gasteiger partial charge in [0.2, 0.25) is 0 Å². The molecule has 1 saturated heterocycles. The third-order valence-corrected chi connectivity index (χ3v) is 5.02. The van der Waals surface area contributed by atoms with Crippen molar-refractivity contribution in [1.82, 2.24) is 19.8 Å². The first-order valence-electron chi connectivity index (χ1n) is 7.30. The smallest absolute Gasteiger partial charge is 0.311 e. The van der Waals surface area contributed by atoms with Crippen LogP contribution in [-0.2, 0) is 4.79 Å². The van der Waals surface area contributed by atoms with E-state index in [4.69, 9.17) is 0 Å². The second kappa shape index (κ2) is 5.02. The van der Waals surface area contributed by atoms with Gasteiger partial charge in [-0.2, -0.15) is 15.9 Å². The first-order chi connectivity index (χ1) is 11.1. The molecule has 3 aromatic heterocycles. The van der Waals surface area contributed by atoms with Gasteiger partial charge in [0, 0.05) is 24.0 Å². The molecule has 0 aliphatic carbocycles. The van der Waals surface area contributed by atoms with Crippen LogP contribution in [0.5, 0.6) is 0 Å². The Labute approximate surface area is 136 Å². The van der Waals surface area contributed by atoms with Crippen molar-refractivity contribution in [3.8, 4) is 11.4 Å². The zero-order chi connectivity index (χ0) is 16.0. The maximum atomic E-state index is 11.4. The SMILES string of the molecule is CC1(C(=O)O)CCN(c2ccc3nnc(-c4ccsc4)n3n2)C1. The highest BCUT2D eigenvalue weighted by atomic mass is 32.1. The molecule has 1 aliphatic heterocycles. The van der Waals surface area contributed by atoms with Crippen molar-refractivity contribution in [3.05, 3.63) is 29.0 Å². The zero-order valence-corrected chi connectivity index (χ0v) is 13.3. The van der Waals surface area contributed by atoms with E-state index in [0.29, 0.717) is 31.0 Å². The van der Waals surface area contributed by atoms with E-state index in [1.807, 2.05) is 33.9 Å². The molecule has 0 spiro atoms. The average Bonchev–Trinajstić information content (AvgIpc) is 3.25. The molecule has 0 bridgehead atoms. The van der Waals surface area contributed by atoms with Crippen LogP contribution in [0.4, 0.5) is 5.82 Å². The maximum Gasteiger partial charge on any atom is 0.311 e. The van der Waals surface area contributed by atoms with Crippen molar-refractivity contribution in [1.29, 1.82) is 0 Å². The van der Waals surface area contributed by atoms with Crippen molar-refractivity contribution in [2.75, 3.05) is 18.0 Å². The number of hydrogen-bond acceptors (Lipinski definition) is 6. The summed E-state index contributed by atoms with van der Waals surface area (Å²) in [4.78, 5) is 13.4. The molecule has 1 aliphatic rings. The Balaban J connectivity index is 1.72. The van der Waals surface area contributed by atoms with Crippen LogP contribution in [0.15, 0.2) is 29.0 Å². The molecule has 7 nitrogen and oxygen atoms in total. The minimum atomic E-state index is -0.760. The lowest BCUT2D eigenvalue weighted by molar-refractivity contribution is -0.146. The van der Waals surface area contributed by atoms with Gasteiger partial charge < -0.3 is 10.0 Å². The van der Waals surface area contributed by atoms with Crippen molar-refractivity contribution < 1.29 is 9.90 Å². The number of hydrogen-bond donors (Lipinski definition) is 1. The maximum absolute atomic E-state index is 11.4. The molecule has 0 radical (unpaired) electrons. The molecule has 4 heterocycles. The molecule has 1 atom stereocenters. The topological polar surface area (TPSA) is 83.6 Å². The summed E-state index contributed by atoms with van der Waals surface area (Å²) in [7, 11) is 0. The van der Waals surface area contributed by atoms with Gasteiger partial charge >= 0.3 is 5.97 Å². The van der Waals surface area contributed by atoms with E-state index in [1.165, 1.54) is 0 Å². The standard InChI is InChI=1S/C15H15N5O2S/c1-15(14(21)22)5-6-19(9-15)12-3-2-11-16-17-13(20(11)18-12)10-4-7-23-8-10/h2-4,7-8H,5-6,9H2,1H3,(H,21,22). The highest BCUT2D eigenvalue weighted by Gasteiger charge is 2.41. The molecule has 8 heteroatoms. The fourth-order valence-electron chi connectivity index (χ4n) is 2.85. The lowest BCUT2D eigenvalue weighted by Gasteiger charge is -2.20. The number of carbonyl (C=O) groups is 1. The molecule has 1 N–H and O–H groups in total. The summed E-state index contributed by atoms with van der Waals surface area (Å²) in [6, 6.07) is 5.71. The summed E-state index contributed by atoms with van der Waals surface area (Å²) in [5, 5.41) is 26.3. The lowest BCUT2D eigenvalue weighted by atomic mass is 9.90. The molecule has 23 heavy (non-hydrogen) atoms. The number of anilines is 1. The first-order valence-corrected chi connectivity index (χ1v) is 8.24. The molecule has 1 fully saturated rings. The Morgan fingerprint density at radius 1 is 1.35 bits per heavy atom. The third-order valence-electron chi connectivity index (χ3n) is 4.34. The van der Waals surface area contributed by atoms with Crippen LogP contribution in [0.1, 0.15) is 13.3 Å². The van der Waals surface area contributed by atoms with Crippen molar-refractivity contribution in [3.63, 3.8) is 0 Å². The molecule has 3 aromatic rings. The van der Waals surface area contributed by atoms with E-state index in [2.05, 4.69) is 15.3 Å². The number of carboxylic acid groups (broad SMARTS) is 1. The summed E-state index contributed by atoms with van der Waals surface area (Å²) < 4.78 is 1.72. The Bertz CT molecular complexity index is 875. The van der Waals surface area contributed by atoms with Gasteiger partial charge in [0.15, 0.2) is 11.5 Å². The van der Waals surface area contributed by atoms with Gasteiger partial charge in [-0.3, -0.25) is 4.79 Å². The van der Waals surface area contributed by atoms with E-state index < -0.39 is 11.4 Å². The van der Waals surface area contributed by atoms with Gasteiger partial charge in [-0.15, -0.1) is 15.3 Å². The van der Waals surface area contributed by atoms with Gasteiger partial charge in [-0.1, -0.05) is 0 Å². The Morgan fingerprint density at radius 3 is 2.91 bits per heavy atom. The average molecular weight is 329 g/mol. The van der Waals surface area contributed by atoms with Crippen LogP contribution in [-0.4, -0.2) is 44.0 Å².